The molecule has 1 aromatic heterocycles. The van der Waals surface area contributed by atoms with E-state index in [1.807, 2.05) is 30.5 Å². The van der Waals surface area contributed by atoms with Crippen LogP contribution in [0.1, 0.15) is 18.2 Å². The van der Waals surface area contributed by atoms with Crippen molar-refractivity contribution in [3.63, 3.8) is 0 Å². The molecule has 4 heteroatoms. The van der Waals surface area contributed by atoms with E-state index in [0.717, 1.165) is 35.7 Å². The Hall–Kier alpha value is -1.32. The summed E-state index contributed by atoms with van der Waals surface area (Å²) in [6.45, 7) is 4.19. The molecule has 1 aromatic carbocycles. The lowest BCUT2D eigenvalue weighted by molar-refractivity contribution is 0.480. The van der Waals surface area contributed by atoms with Gasteiger partial charge in [0.1, 0.15) is 0 Å². The van der Waals surface area contributed by atoms with Crippen molar-refractivity contribution >= 4 is 11.6 Å². The Morgan fingerprint density at radius 3 is 2.89 bits per heavy atom. The molecule has 0 aliphatic carbocycles. The van der Waals surface area contributed by atoms with E-state index in [9.17, 15) is 0 Å². The number of aromatic nitrogens is 2. The number of hydrogen-bond donors (Lipinski definition) is 1. The van der Waals surface area contributed by atoms with Crippen LogP contribution in [0.3, 0.4) is 0 Å². The van der Waals surface area contributed by atoms with E-state index in [0.29, 0.717) is 6.04 Å². The van der Waals surface area contributed by atoms with Gasteiger partial charge in [0.2, 0.25) is 0 Å². The first-order chi connectivity index (χ1) is 8.77. The maximum absolute atomic E-state index is 6.25. The van der Waals surface area contributed by atoms with Crippen molar-refractivity contribution in [2.75, 3.05) is 13.1 Å². The fraction of sp³-hybridized carbons (Fsp3) is 0.357. The highest BCUT2D eigenvalue weighted by Crippen LogP contribution is 2.31. The van der Waals surface area contributed by atoms with Gasteiger partial charge in [-0.05, 0) is 26.0 Å². The smallest absolute Gasteiger partial charge is 0.0658 e. The van der Waals surface area contributed by atoms with E-state index in [1.165, 1.54) is 5.69 Å². The Bertz CT molecular complexity index is 556. The van der Waals surface area contributed by atoms with Crippen LogP contribution in [0.2, 0.25) is 5.02 Å². The number of benzene rings is 1. The Balaban J connectivity index is 2.02. The van der Waals surface area contributed by atoms with Crippen molar-refractivity contribution < 1.29 is 0 Å². The second-order valence-corrected chi connectivity index (χ2v) is 5.12. The molecule has 1 aliphatic heterocycles. The monoisotopic (exact) mass is 261 g/mol. The van der Waals surface area contributed by atoms with Crippen molar-refractivity contribution in [3.05, 3.63) is 41.2 Å². The van der Waals surface area contributed by atoms with Gasteiger partial charge < -0.3 is 5.32 Å². The van der Waals surface area contributed by atoms with E-state index >= 15 is 0 Å². The van der Waals surface area contributed by atoms with E-state index in [4.69, 9.17) is 11.6 Å². The van der Waals surface area contributed by atoms with Gasteiger partial charge >= 0.3 is 0 Å². The molecule has 3 rings (SSSR count). The lowest BCUT2D eigenvalue weighted by atomic mass is 10.1. The van der Waals surface area contributed by atoms with Crippen LogP contribution >= 0.6 is 11.6 Å². The maximum Gasteiger partial charge on any atom is 0.0658 e. The zero-order valence-electron chi connectivity index (χ0n) is 10.4. The molecule has 0 spiro atoms. The molecule has 1 saturated heterocycles. The first-order valence-corrected chi connectivity index (χ1v) is 6.65. The van der Waals surface area contributed by atoms with Gasteiger partial charge in [-0.2, -0.15) is 5.10 Å². The highest BCUT2D eigenvalue weighted by Gasteiger charge is 2.20. The van der Waals surface area contributed by atoms with Crippen LogP contribution in [-0.2, 0) is 0 Å². The second kappa shape index (κ2) is 4.75. The molecule has 2 aromatic rings. The summed E-state index contributed by atoms with van der Waals surface area (Å²) in [6.07, 6.45) is 3.07. The highest BCUT2D eigenvalue weighted by molar-refractivity contribution is 6.33. The molecular formula is C14H16ClN3. The molecule has 0 radical (unpaired) electrons. The largest absolute Gasteiger partial charge is 0.315 e. The third-order valence-corrected chi connectivity index (χ3v) is 3.92. The van der Waals surface area contributed by atoms with Gasteiger partial charge in [0, 0.05) is 28.4 Å². The van der Waals surface area contributed by atoms with E-state index < -0.39 is 0 Å². The summed E-state index contributed by atoms with van der Waals surface area (Å²) < 4.78 is 2.12. The first kappa shape index (κ1) is 11.8. The zero-order valence-corrected chi connectivity index (χ0v) is 11.1. The SMILES string of the molecule is Cc1c(-c2ccccc2Cl)cnn1C1CCNC1. The maximum atomic E-state index is 6.25. The first-order valence-electron chi connectivity index (χ1n) is 6.27. The van der Waals surface area contributed by atoms with Crippen LogP contribution < -0.4 is 5.32 Å². The Labute approximate surface area is 112 Å². The molecule has 0 amide bonds. The van der Waals surface area contributed by atoms with Crippen LogP contribution in [0, 0.1) is 6.92 Å². The molecule has 0 saturated carbocycles. The van der Waals surface area contributed by atoms with Gasteiger partial charge in [-0.3, -0.25) is 4.68 Å². The van der Waals surface area contributed by atoms with Gasteiger partial charge in [0.15, 0.2) is 0 Å². The summed E-state index contributed by atoms with van der Waals surface area (Å²) >= 11 is 6.25. The Morgan fingerprint density at radius 1 is 1.33 bits per heavy atom. The van der Waals surface area contributed by atoms with Crippen molar-refractivity contribution in [1.82, 2.24) is 15.1 Å². The van der Waals surface area contributed by atoms with Crippen LogP contribution in [-0.4, -0.2) is 22.9 Å². The Morgan fingerprint density at radius 2 is 2.17 bits per heavy atom. The molecule has 0 bridgehead atoms. The van der Waals surface area contributed by atoms with Gasteiger partial charge in [-0.25, -0.2) is 0 Å². The molecule has 2 heterocycles. The Kier molecular flexibility index (Phi) is 3.10. The molecule has 94 valence electrons. The van der Waals surface area contributed by atoms with Crippen molar-refractivity contribution in [3.8, 4) is 11.1 Å². The summed E-state index contributed by atoms with van der Waals surface area (Å²) in [5, 5.41) is 8.69. The third-order valence-electron chi connectivity index (χ3n) is 3.59. The predicted molar refractivity (Wildman–Crippen MR) is 73.9 cm³/mol. The topological polar surface area (TPSA) is 29.9 Å². The molecule has 3 nitrogen and oxygen atoms in total. The van der Waals surface area contributed by atoms with Gasteiger partial charge in [-0.1, -0.05) is 29.8 Å². The standard InChI is InChI=1S/C14H16ClN3/c1-10-13(12-4-2-3-5-14(12)15)9-17-18(10)11-6-7-16-8-11/h2-5,9,11,16H,6-8H2,1H3. The predicted octanol–water partition coefficient (Wildman–Crippen LogP) is 3.05. The zero-order chi connectivity index (χ0) is 12.5. The van der Waals surface area contributed by atoms with Crippen LogP contribution in [0.4, 0.5) is 0 Å². The number of halogens is 1. The molecule has 1 fully saturated rings. The summed E-state index contributed by atoms with van der Waals surface area (Å²) in [5.41, 5.74) is 3.39. The minimum Gasteiger partial charge on any atom is -0.315 e. The fourth-order valence-corrected chi connectivity index (χ4v) is 2.82. The van der Waals surface area contributed by atoms with Gasteiger partial charge in [-0.15, -0.1) is 0 Å². The molecule has 1 unspecified atom stereocenters. The van der Waals surface area contributed by atoms with E-state index in [-0.39, 0.29) is 0 Å². The lowest BCUT2D eigenvalue weighted by Gasteiger charge is -2.12. The summed E-state index contributed by atoms with van der Waals surface area (Å²) in [5.74, 6) is 0. The quantitative estimate of drug-likeness (QED) is 0.901. The van der Waals surface area contributed by atoms with E-state index in [1.54, 1.807) is 0 Å². The minimum absolute atomic E-state index is 0.473. The van der Waals surface area contributed by atoms with Crippen LogP contribution in [0.15, 0.2) is 30.5 Å². The normalized spacial score (nSPS) is 19.3. The average molecular weight is 262 g/mol. The molecule has 1 aliphatic rings. The number of rotatable bonds is 2. The van der Waals surface area contributed by atoms with Crippen molar-refractivity contribution in [2.24, 2.45) is 0 Å². The van der Waals surface area contributed by atoms with Gasteiger partial charge in [0.05, 0.1) is 12.2 Å². The lowest BCUT2D eigenvalue weighted by Crippen LogP contribution is -2.15. The summed E-state index contributed by atoms with van der Waals surface area (Å²) in [7, 11) is 0. The molecule has 1 N–H and O–H groups in total. The number of nitrogens with one attached hydrogen (secondary N) is 1. The second-order valence-electron chi connectivity index (χ2n) is 4.71. The van der Waals surface area contributed by atoms with Crippen molar-refractivity contribution in [2.45, 2.75) is 19.4 Å². The fourth-order valence-electron chi connectivity index (χ4n) is 2.58. The van der Waals surface area contributed by atoms with Crippen LogP contribution in [0.25, 0.3) is 11.1 Å². The molecule has 18 heavy (non-hydrogen) atoms. The van der Waals surface area contributed by atoms with Crippen LogP contribution in [0.5, 0.6) is 0 Å². The highest BCUT2D eigenvalue weighted by atomic mass is 35.5. The molecular weight excluding hydrogens is 246 g/mol. The average Bonchev–Trinajstić information content (AvgIpc) is 2.99. The van der Waals surface area contributed by atoms with Crippen molar-refractivity contribution in [1.29, 1.82) is 0 Å². The third kappa shape index (κ3) is 1.93. The molecule has 1 atom stereocenters. The minimum atomic E-state index is 0.473. The summed E-state index contributed by atoms with van der Waals surface area (Å²) in [6, 6.07) is 8.40. The number of nitrogens with zero attached hydrogens (tertiary/aromatic N) is 2. The summed E-state index contributed by atoms with van der Waals surface area (Å²) in [4.78, 5) is 0. The van der Waals surface area contributed by atoms with E-state index in [2.05, 4.69) is 22.0 Å². The number of hydrogen-bond acceptors (Lipinski definition) is 2. The van der Waals surface area contributed by atoms with Gasteiger partial charge in [0.25, 0.3) is 0 Å².